The first-order chi connectivity index (χ1) is 10.7. The molecule has 0 aliphatic carbocycles. The second-order valence-electron chi connectivity index (χ2n) is 5.33. The van der Waals surface area contributed by atoms with Crippen molar-refractivity contribution in [2.45, 2.75) is 26.0 Å². The van der Waals surface area contributed by atoms with E-state index in [4.69, 9.17) is 0 Å². The summed E-state index contributed by atoms with van der Waals surface area (Å²) in [6.07, 6.45) is 0. The lowest BCUT2D eigenvalue weighted by Gasteiger charge is -2.06. The molecule has 0 unspecified atom stereocenters. The molecule has 8 heteroatoms. The van der Waals surface area contributed by atoms with Gasteiger partial charge in [-0.1, -0.05) is 0 Å². The highest BCUT2D eigenvalue weighted by Gasteiger charge is 2.21. The minimum absolute atomic E-state index is 0.325. The van der Waals surface area contributed by atoms with Gasteiger partial charge < -0.3 is 5.32 Å². The van der Waals surface area contributed by atoms with Gasteiger partial charge in [0.1, 0.15) is 11.6 Å². The van der Waals surface area contributed by atoms with E-state index in [1.807, 2.05) is 6.92 Å². The number of carbonyl (C=O) groups excluding carboxylic acids is 1. The van der Waals surface area contributed by atoms with E-state index in [0.29, 0.717) is 10.8 Å². The Morgan fingerprint density at radius 1 is 1.30 bits per heavy atom. The van der Waals surface area contributed by atoms with Gasteiger partial charge in [-0.2, -0.15) is 0 Å². The van der Waals surface area contributed by atoms with Crippen molar-refractivity contribution in [1.29, 1.82) is 0 Å². The van der Waals surface area contributed by atoms with E-state index in [0.717, 1.165) is 10.4 Å². The molecule has 0 saturated heterocycles. The smallest absolute Gasteiger partial charge is 0.241 e. The number of benzene rings is 1. The van der Waals surface area contributed by atoms with E-state index in [-0.39, 0.29) is 5.82 Å². The van der Waals surface area contributed by atoms with E-state index >= 15 is 0 Å². The fourth-order valence-corrected chi connectivity index (χ4v) is 3.45. The second kappa shape index (κ2) is 6.76. The summed E-state index contributed by atoms with van der Waals surface area (Å²) in [6, 6.07) is 5.88. The molecule has 5 nitrogen and oxygen atoms in total. The maximum absolute atomic E-state index is 13.0. The lowest BCUT2D eigenvalue weighted by molar-refractivity contribution is -0.113. The van der Waals surface area contributed by atoms with Crippen LogP contribution < -0.4 is 5.32 Å². The molecule has 1 N–H and O–H groups in total. The quantitative estimate of drug-likeness (QED) is 0.893. The first-order valence-corrected chi connectivity index (χ1v) is 9.47. The minimum Gasteiger partial charge on any atom is -0.301 e. The van der Waals surface area contributed by atoms with Crippen LogP contribution in [0.2, 0.25) is 0 Å². The fraction of sp³-hybridized carbons (Fsp3) is 0.333. The Bertz CT molecular complexity index is 812. The van der Waals surface area contributed by atoms with Crippen molar-refractivity contribution in [3.63, 3.8) is 0 Å². The molecule has 23 heavy (non-hydrogen) atoms. The highest BCUT2D eigenvalue weighted by Crippen LogP contribution is 2.30. The number of rotatable bonds is 5. The molecular weight excluding hydrogens is 339 g/mol. The number of aromatic nitrogens is 1. The first-order valence-electron chi connectivity index (χ1n) is 6.94. The van der Waals surface area contributed by atoms with Gasteiger partial charge in [0.15, 0.2) is 15.0 Å². The predicted molar refractivity (Wildman–Crippen MR) is 89.8 cm³/mol. The summed E-state index contributed by atoms with van der Waals surface area (Å²) in [6.45, 7) is 4.89. The number of nitrogens with one attached hydrogen (secondary N) is 1. The maximum Gasteiger partial charge on any atom is 0.241 e. The number of halogens is 1. The zero-order chi connectivity index (χ0) is 17.2. The molecule has 0 atom stereocenters. The summed E-state index contributed by atoms with van der Waals surface area (Å²) >= 11 is 1.24. The highest BCUT2D eigenvalue weighted by atomic mass is 32.2. The Hall–Kier alpha value is -1.80. The summed E-state index contributed by atoms with van der Waals surface area (Å²) in [5.41, 5.74) is 1.37. The average Bonchev–Trinajstić information content (AvgIpc) is 2.79. The Morgan fingerprint density at radius 2 is 1.91 bits per heavy atom. The van der Waals surface area contributed by atoms with Crippen LogP contribution in [-0.4, -0.2) is 30.3 Å². The molecule has 0 fully saturated rings. The topological polar surface area (TPSA) is 76.1 Å². The van der Waals surface area contributed by atoms with Crippen LogP contribution in [0, 0.1) is 12.7 Å². The predicted octanol–water partition coefficient (Wildman–Crippen LogP) is 3.02. The second-order valence-corrected chi connectivity index (χ2v) is 9.10. The van der Waals surface area contributed by atoms with Crippen LogP contribution in [0.15, 0.2) is 24.3 Å². The van der Waals surface area contributed by atoms with E-state index in [1.165, 1.54) is 37.3 Å². The number of aryl methyl sites for hydroxylation is 1. The standard InChI is InChI=1S/C15H17FN2O3S2/c1-9(2)23(20,21)8-13(19)17-15-18-14(10(3)22-15)11-4-6-12(16)7-5-11/h4-7,9H,8H2,1-3H3,(H,17,18,19). The zero-order valence-electron chi connectivity index (χ0n) is 13.0. The number of amides is 1. The third kappa shape index (κ3) is 4.35. The summed E-state index contributed by atoms with van der Waals surface area (Å²) in [5.74, 6) is -1.53. The molecule has 0 saturated carbocycles. The van der Waals surface area contributed by atoms with Gasteiger partial charge in [-0.3, -0.25) is 4.79 Å². The Morgan fingerprint density at radius 3 is 2.48 bits per heavy atom. The van der Waals surface area contributed by atoms with E-state index in [2.05, 4.69) is 10.3 Å². The molecule has 0 aliphatic heterocycles. The van der Waals surface area contributed by atoms with Crippen molar-refractivity contribution in [1.82, 2.24) is 4.98 Å². The molecule has 1 amide bonds. The normalized spacial score (nSPS) is 11.7. The Labute approximate surface area is 138 Å². The van der Waals surface area contributed by atoms with Crippen LogP contribution >= 0.6 is 11.3 Å². The van der Waals surface area contributed by atoms with Gasteiger partial charge in [0, 0.05) is 10.4 Å². The SMILES string of the molecule is Cc1sc(NC(=O)CS(=O)(=O)C(C)C)nc1-c1ccc(F)cc1. The van der Waals surface area contributed by atoms with Crippen molar-refractivity contribution < 1.29 is 17.6 Å². The summed E-state index contributed by atoms with van der Waals surface area (Å²) < 4.78 is 36.5. The van der Waals surface area contributed by atoms with Crippen LogP contribution in [0.1, 0.15) is 18.7 Å². The van der Waals surface area contributed by atoms with Crippen molar-refractivity contribution >= 4 is 32.2 Å². The number of thiazole rings is 1. The third-order valence-corrected chi connectivity index (χ3v) is 6.20. The van der Waals surface area contributed by atoms with Gasteiger partial charge in [0.05, 0.1) is 10.9 Å². The summed E-state index contributed by atoms with van der Waals surface area (Å²) in [7, 11) is -3.45. The third-order valence-electron chi connectivity index (χ3n) is 3.21. The Kier molecular flexibility index (Phi) is 5.16. The molecule has 2 aromatic rings. The van der Waals surface area contributed by atoms with Gasteiger partial charge in [0.2, 0.25) is 5.91 Å². The fourth-order valence-electron chi connectivity index (χ4n) is 1.83. The monoisotopic (exact) mass is 356 g/mol. The van der Waals surface area contributed by atoms with E-state index in [1.54, 1.807) is 12.1 Å². The molecule has 1 aromatic carbocycles. The molecule has 0 bridgehead atoms. The average molecular weight is 356 g/mol. The van der Waals surface area contributed by atoms with Crippen molar-refractivity contribution in [3.05, 3.63) is 35.0 Å². The largest absolute Gasteiger partial charge is 0.301 e. The van der Waals surface area contributed by atoms with E-state index < -0.39 is 26.7 Å². The molecule has 0 radical (unpaired) electrons. The molecule has 2 rings (SSSR count). The molecule has 0 spiro atoms. The van der Waals surface area contributed by atoms with Crippen LogP contribution in [0.25, 0.3) is 11.3 Å². The van der Waals surface area contributed by atoms with Crippen molar-refractivity contribution in [3.8, 4) is 11.3 Å². The number of hydrogen-bond donors (Lipinski definition) is 1. The number of nitrogens with zero attached hydrogens (tertiary/aromatic N) is 1. The molecule has 1 aromatic heterocycles. The van der Waals surface area contributed by atoms with Crippen molar-refractivity contribution in [2.24, 2.45) is 0 Å². The maximum atomic E-state index is 13.0. The zero-order valence-corrected chi connectivity index (χ0v) is 14.6. The number of carbonyl (C=O) groups is 1. The van der Waals surface area contributed by atoms with Gasteiger partial charge >= 0.3 is 0 Å². The van der Waals surface area contributed by atoms with Crippen molar-refractivity contribution in [2.75, 3.05) is 11.1 Å². The molecule has 1 heterocycles. The lowest BCUT2D eigenvalue weighted by Crippen LogP contribution is -2.27. The van der Waals surface area contributed by atoms with Crippen LogP contribution in [0.4, 0.5) is 9.52 Å². The summed E-state index contributed by atoms with van der Waals surface area (Å²) in [4.78, 5) is 17.0. The van der Waals surface area contributed by atoms with Crippen LogP contribution in [0.5, 0.6) is 0 Å². The van der Waals surface area contributed by atoms with Gasteiger partial charge in [-0.05, 0) is 45.0 Å². The lowest BCUT2D eigenvalue weighted by atomic mass is 10.1. The molecular formula is C15H17FN2O3S2. The first kappa shape index (κ1) is 17.6. The minimum atomic E-state index is -3.45. The Balaban J connectivity index is 2.15. The van der Waals surface area contributed by atoms with Gasteiger partial charge in [0.25, 0.3) is 0 Å². The van der Waals surface area contributed by atoms with E-state index in [9.17, 15) is 17.6 Å². The number of hydrogen-bond acceptors (Lipinski definition) is 5. The molecule has 0 aliphatic rings. The summed E-state index contributed by atoms with van der Waals surface area (Å²) in [5, 5.41) is 2.23. The molecule has 124 valence electrons. The van der Waals surface area contributed by atoms with Gasteiger partial charge in [-0.25, -0.2) is 17.8 Å². The van der Waals surface area contributed by atoms with Gasteiger partial charge in [-0.15, -0.1) is 11.3 Å². The highest BCUT2D eigenvalue weighted by molar-refractivity contribution is 7.92. The van der Waals surface area contributed by atoms with Crippen LogP contribution in [-0.2, 0) is 14.6 Å². The van der Waals surface area contributed by atoms with Crippen LogP contribution in [0.3, 0.4) is 0 Å². The number of anilines is 1. The number of sulfone groups is 1.